The van der Waals surface area contributed by atoms with E-state index in [1.54, 1.807) is 11.3 Å². The van der Waals surface area contributed by atoms with Gasteiger partial charge in [0.25, 0.3) is 0 Å². The monoisotopic (exact) mass is 284 g/mol. The lowest BCUT2D eigenvalue weighted by Crippen LogP contribution is -2.52. The lowest BCUT2D eigenvalue weighted by Gasteiger charge is -2.28. The zero-order valence-corrected chi connectivity index (χ0v) is 12.7. The molecule has 0 aromatic carbocycles. The Hall–Kier alpha value is -1.07. The first kappa shape index (κ1) is 16.0. The summed E-state index contributed by atoms with van der Waals surface area (Å²) >= 11 is 1.70. The average molecular weight is 284 g/mol. The van der Waals surface area contributed by atoms with Crippen molar-refractivity contribution in [2.75, 3.05) is 13.2 Å². The Morgan fingerprint density at radius 1 is 1.58 bits per heavy atom. The van der Waals surface area contributed by atoms with Crippen LogP contribution in [0.2, 0.25) is 0 Å². The number of urea groups is 1. The van der Waals surface area contributed by atoms with Crippen LogP contribution in [0.1, 0.15) is 44.4 Å². The average Bonchev–Trinajstić information content (AvgIpc) is 2.90. The predicted molar refractivity (Wildman–Crippen MR) is 79.7 cm³/mol. The van der Waals surface area contributed by atoms with Crippen molar-refractivity contribution in [3.63, 3.8) is 0 Å². The van der Waals surface area contributed by atoms with Crippen molar-refractivity contribution in [1.29, 1.82) is 0 Å². The van der Waals surface area contributed by atoms with E-state index in [1.807, 2.05) is 25.3 Å². The largest absolute Gasteiger partial charge is 0.394 e. The van der Waals surface area contributed by atoms with Gasteiger partial charge in [-0.2, -0.15) is 0 Å². The third-order valence-electron chi connectivity index (χ3n) is 3.16. The van der Waals surface area contributed by atoms with Gasteiger partial charge in [0, 0.05) is 17.3 Å². The molecular weight excluding hydrogens is 260 g/mol. The van der Waals surface area contributed by atoms with Crippen LogP contribution in [0.25, 0.3) is 0 Å². The first-order valence-corrected chi connectivity index (χ1v) is 7.59. The fourth-order valence-corrected chi connectivity index (χ4v) is 2.76. The lowest BCUT2D eigenvalue weighted by atomic mass is 9.98. The predicted octanol–water partition coefficient (Wildman–Crippen LogP) is 2.70. The number of aliphatic hydroxyl groups excluding tert-OH is 1. The molecule has 4 nitrogen and oxygen atoms in total. The van der Waals surface area contributed by atoms with Crippen LogP contribution in [0.15, 0.2) is 17.5 Å². The molecule has 2 unspecified atom stereocenters. The molecule has 3 N–H and O–H groups in total. The molecule has 1 heterocycles. The smallest absolute Gasteiger partial charge is 0.315 e. The number of hydrogen-bond donors (Lipinski definition) is 3. The molecule has 0 spiro atoms. The first-order valence-electron chi connectivity index (χ1n) is 6.71. The first-order chi connectivity index (χ1) is 9.00. The Morgan fingerprint density at radius 3 is 2.84 bits per heavy atom. The van der Waals surface area contributed by atoms with E-state index in [9.17, 15) is 9.90 Å². The number of carbonyl (C=O) groups excluding carboxylic acids is 1. The number of carbonyl (C=O) groups is 1. The molecule has 0 saturated heterocycles. The highest BCUT2D eigenvalue weighted by molar-refractivity contribution is 7.10. The summed E-state index contributed by atoms with van der Waals surface area (Å²) in [7, 11) is 0. The van der Waals surface area contributed by atoms with E-state index in [0.29, 0.717) is 12.5 Å². The van der Waals surface area contributed by atoms with Crippen LogP contribution in [-0.2, 0) is 0 Å². The molecule has 0 bridgehead atoms. The van der Waals surface area contributed by atoms with Crippen LogP contribution in [0, 0.1) is 0 Å². The summed E-state index contributed by atoms with van der Waals surface area (Å²) in [5.41, 5.74) is -0.537. The molecule has 0 saturated carbocycles. The number of hydrogen-bond acceptors (Lipinski definition) is 3. The van der Waals surface area contributed by atoms with Gasteiger partial charge in [0.15, 0.2) is 0 Å². The van der Waals surface area contributed by atoms with Crippen LogP contribution in [-0.4, -0.2) is 29.8 Å². The molecule has 1 aromatic rings. The second-order valence-electron chi connectivity index (χ2n) is 5.22. The minimum absolute atomic E-state index is 0.0469. The van der Waals surface area contributed by atoms with E-state index >= 15 is 0 Å². The number of amides is 2. The third-order valence-corrected chi connectivity index (χ3v) is 4.27. The molecule has 0 aliphatic carbocycles. The SMILES string of the molecule is CCCC(C)(CO)NC(=O)NCC(C)c1cccs1. The summed E-state index contributed by atoms with van der Waals surface area (Å²) in [4.78, 5) is 13.1. The number of rotatable bonds is 7. The molecule has 0 radical (unpaired) electrons. The fourth-order valence-electron chi connectivity index (χ4n) is 1.97. The Kier molecular flexibility index (Phi) is 6.31. The molecule has 2 atom stereocenters. The summed E-state index contributed by atoms with van der Waals surface area (Å²) < 4.78 is 0. The molecule has 1 rings (SSSR count). The van der Waals surface area contributed by atoms with Gasteiger partial charge in [0.1, 0.15) is 0 Å². The van der Waals surface area contributed by atoms with Gasteiger partial charge < -0.3 is 15.7 Å². The van der Waals surface area contributed by atoms with Crippen LogP contribution in [0.3, 0.4) is 0 Å². The topological polar surface area (TPSA) is 61.4 Å². The van der Waals surface area contributed by atoms with Crippen molar-refractivity contribution in [3.05, 3.63) is 22.4 Å². The van der Waals surface area contributed by atoms with Gasteiger partial charge in [-0.05, 0) is 24.8 Å². The Balaban J connectivity index is 2.39. The highest BCUT2D eigenvalue weighted by Crippen LogP contribution is 2.19. The maximum atomic E-state index is 11.8. The van der Waals surface area contributed by atoms with Gasteiger partial charge in [-0.25, -0.2) is 4.79 Å². The van der Waals surface area contributed by atoms with Crippen LogP contribution < -0.4 is 10.6 Å². The van der Waals surface area contributed by atoms with E-state index in [0.717, 1.165) is 12.8 Å². The molecule has 108 valence electrons. The zero-order chi connectivity index (χ0) is 14.3. The van der Waals surface area contributed by atoms with Crippen molar-refractivity contribution in [1.82, 2.24) is 10.6 Å². The normalized spacial score (nSPS) is 15.6. The van der Waals surface area contributed by atoms with Gasteiger partial charge in [-0.15, -0.1) is 11.3 Å². The van der Waals surface area contributed by atoms with Crippen molar-refractivity contribution in [3.8, 4) is 0 Å². The molecule has 0 fully saturated rings. The van der Waals surface area contributed by atoms with E-state index in [1.165, 1.54) is 4.88 Å². The van der Waals surface area contributed by atoms with Gasteiger partial charge in [0.2, 0.25) is 0 Å². The summed E-state index contributed by atoms with van der Waals surface area (Å²) in [5.74, 6) is 0.303. The van der Waals surface area contributed by atoms with Crippen LogP contribution >= 0.6 is 11.3 Å². The minimum Gasteiger partial charge on any atom is -0.394 e. The van der Waals surface area contributed by atoms with Crippen LogP contribution in [0.4, 0.5) is 4.79 Å². The maximum Gasteiger partial charge on any atom is 0.315 e. The van der Waals surface area contributed by atoms with Gasteiger partial charge in [-0.1, -0.05) is 26.3 Å². The highest BCUT2D eigenvalue weighted by Gasteiger charge is 2.24. The molecular formula is C14H24N2O2S. The minimum atomic E-state index is -0.537. The van der Waals surface area contributed by atoms with E-state index in [2.05, 4.69) is 23.6 Å². The standard InChI is InChI=1S/C14H24N2O2S/c1-4-7-14(3,10-17)16-13(18)15-9-11(2)12-6-5-8-19-12/h5-6,8,11,17H,4,7,9-10H2,1-3H3,(H2,15,16,18). The van der Waals surface area contributed by atoms with Crippen molar-refractivity contribution in [2.24, 2.45) is 0 Å². The van der Waals surface area contributed by atoms with Crippen molar-refractivity contribution < 1.29 is 9.90 Å². The molecule has 2 amide bonds. The van der Waals surface area contributed by atoms with Crippen LogP contribution in [0.5, 0.6) is 0 Å². The van der Waals surface area contributed by atoms with Gasteiger partial charge in [-0.3, -0.25) is 0 Å². The quantitative estimate of drug-likeness (QED) is 0.721. The highest BCUT2D eigenvalue weighted by atomic mass is 32.1. The van der Waals surface area contributed by atoms with E-state index in [-0.39, 0.29) is 12.6 Å². The Bertz CT molecular complexity index is 381. The lowest BCUT2D eigenvalue weighted by molar-refractivity contribution is 0.163. The summed E-state index contributed by atoms with van der Waals surface area (Å²) in [6, 6.07) is 3.87. The molecule has 0 aliphatic heterocycles. The maximum absolute atomic E-state index is 11.8. The molecule has 0 aliphatic rings. The number of thiophene rings is 1. The number of nitrogens with one attached hydrogen (secondary N) is 2. The Labute approximate surface area is 119 Å². The zero-order valence-electron chi connectivity index (χ0n) is 11.9. The molecule has 1 aromatic heterocycles. The summed E-state index contributed by atoms with van der Waals surface area (Å²) in [5, 5.41) is 17.1. The fraction of sp³-hybridized carbons (Fsp3) is 0.643. The second-order valence-corrected chi connectivity index (χ2v) is 6.20. The van der Waals surface area contributed by atoms with Crippen molar-refractivity contribution >= 4 is 17.4 Å². The van der Waals surface area contributed by atoms with E-state index < -0.39 is 5.54 Å². The van der Waals surface area contributed by atoms with Gasteiger partial charge in [0.05, 0.1) is 12.1 Å². The third kappa shape index (κ3) is 5.20. The number of aliphatic hydroxyl groups is 1. The second kappa shape index (κ2) is 7.50. The van der Waals surface area contributed by atoms with Gasteiger partial charge >= 0.3 is 6.03 Å². The van der Waals surface area contributed by atoms with E-state index in [4.69, 9.17) is 0 Å². The summed E-state index contributed by atoms with van der Waals surface area (Å²) in [6.45, 7) is 6.53. The summed E-state index contributed by atoms with van der Waals surface area (Å²) in [6.07, 6.45) is 1.68. The molecule has 5 heteroatoms. The van der Waals surface area contributed by atoms with Crippen molar-refractivity contribution in [2.45, 2.75) is 45.1 Å². The molecule has 19 heavy (non-hydrogen) atoms. The Morgan fingerprint density at radius 2 is 2.32 bits per heavy atom.